The highest BCUT2D eigenvalue weighted by Gasteiger charge is 2.34. The van der Waals surface area contributed by atoms with Crippen LogP contribution in [0.5, 0.6) is 0 Å². The first kappa shape index (κ1) is 7.10. The van der Waals surface area contributed by atoms with E-state index in [4.69, 9.17) is 5.73 Å². The summed E-state index contributed by atoms with van der Waals surface area (Å²) in [6.07, 6.45) is 3.79. The Morgan fingerprint density at radius 3 is 3.09 bits per heavy atom. The monoisotopic (exact) mass is 154 g/mol. The summed E-state index contributed by atoms with van der Waals surface area (Å²) in [5.74, 6) is 0.335. The fourth-order valence-corrected chi connectivity index (χ4v) is 2.12. The molecule has 3 nitrogen and oxygen atoms in total. The smallest absolute Gasteiger partial charge is 0.222 e. The van der Waals surface area contributed by atoms with E-state index in [0.29, 0.717) is 18.0 Å². The number of carbonyl (C=O) groups is 1. The average molecular weight is 154 g/mol. The van der Waals surface area contributed by atoms with Crippen molar-refractivity contribution in [2.45, 2.75) is 37.8 Å². The second-order valence-electron chi connectivity index (χ2n) is 3.56. The predicted molar refractivity (Wildman–Crippen MR) is 41.9 cm³/mol. The van der Waals surface area contributed by atoms with Crippen LogP contribution in [0.1, 0.15) is 25.7 Å². The third-order valence-corrected chi connectivity index (χ3v) is 2.77. The molecule has 2 N–H and O–H groups in total. The predicted octanol–water partition coefficient (Wildman–Crippen LogP) is 0.0985. The summed E-state index contributed by atoms with van der Waals surface area (Å²) in [5.41, 5.74) is 5.80. The summed E-state index contributed by atoms with van der Waals surface area (Å²) in [4.78, 5) is 13.2. The summed E-state index contributed by atoms with van der Waals surface area (Å²) in [7, 11) is 0. The first-order valence-electron chi connectivity index (χ1n) is 4.32. The third kappa shape index (κ3) is 1.13. The number of hydrogen-bond acceptors (Lipinski definition) is 2. The van der Waals surface area contributed by atoms with E-state index in [9.17, 15) is 4.79 Å². The molecule has 0 bridgehead atoms. The van der Waals surface area contributed by atoms with Crippen molar-refractivity contribution in [3.63, 3.8) is 0 Å². The Morgan fingerprint density at radius 1 is 1.45 bits per heavy atom. The number of carbonyl (C=O) groups excluding carboxylic acids is 1. The van der Waals surface area contributed by atoms with Crippen molar-refractivity contribution in [1.29, 1.82) is 0 Å². The van der Waals surface area contributed by atoms with Gasteiger partial charge in [-0.2, -0.15) is 0 Å². The van der Waals surface area contributed by atoms with Crippen LogP contribution in [0.25, 0.3) is 0 Å². The van der Waals surface area contributed by atoms with Crippen LogP contribution in [-0.2, 0) is 4.79 Å². The minimum atomic E-state index is 0.335. The summed E-state index contributed by atoms with van der Waals surface area (Å²) in [6.45, 7) is 0.894. The molecule has 0 aromatic heterocycles. The zero-order chi connectivity index (χ0) is 7.84. The van der Waals surface area contributed by atoms with E-state index in [-0.39, 0.29) is 0 Å². The summed E-state index contributed by atoms with van der Waals surface area (Å²) in [5, 5.41) is 0. The molecule has 2 aliphatic rings. The molecular weight excluding hydrogens is 140 g/mol. The fraction of sp³-hybridized carbons (Fsp3) is 0.875. The average Bonchev–Trinajstić information content (AvgIpc) is 2.32. The van der Waals surface area contributed by atoms with Gasteiger partial charge in [0.05, 0.1) is 0 Å². The van der Waals surface area contributed by atoms with Crippen LogP contribution in [0.2, 0.25) is 0 Å². The molecule has 2 aliphatic heterocycles. The highest BCUT2D eigenvalue weighted by Crippen LogP contribution is 2.26. The van der Waals surface area contributed by atoms with Crippen molar-refractivity contribution in [3.05, 3.63) is 0 Å². The van der Waals surface area contributed by atoms with Crippen LogP contribution >= 0.6 is 0 Å². The molecule has 2 saturated heterocycles. The van der Waals surface area contributed by atoms with E-state index in [1.54, 1.807) is 0 Å². The number of hydrogen-bond donors (Lipinski definition) is 1. The number of nitrogens with two attached hydrogens (primary N) is 1. The maximum atomic E-state index is 11.2. The van der Waals surface area contributed by atoms with Gasteiger partial charge in [0.1, 0.15) is 0 Å². The molecule has 11 heavy (non-hydrogen) atoms. The highest BCUT2D eigenvalue weighted by atomic mass is 16.2. The quantitative estimate of drug-likeness (QED) is 0.538. The number of rotatable bonds is 0. The van der Waals surface area contributed by atoms with E-state index in [0.717, 1.165) is 32.2 Å². The van der Waals surface area contributed by atoms with Gasteiger partial charge in [-0.1, -0.05) is 0 Å². The van der Waals surface area contributed by atoms with Crippen molar-refractivity contribution in [1.82, 2.24) is 4.90 Å². The summed E-state index contributed by atoms with van der Waals surface area (Å²) in [6, 6.07) is 0.813. The first-order chi connectivity index (χ1) is 5.27. The Kier molecular flexibility index (Phi) is 1.60. The van der Waals surface area contributed by atoms with Crippen LogP contribution in [-0.4, -0.2) is 29.4 Å². The lowest BCUT2D eigenvalue weighted by Crippen LogP contribution is -2.45. The van der Waals surface area contributed by atoms with Crippen molar-refractivity contribution < 1.29 is 4.79 Å². The number of piperidine rings is 1. The van der Waals surface area contributed by atoms with Gasteiger partial charge in [-0.25, -0.2) is 0 Å². The largest absolute Gasteiger partial charge is 0.340 e. The second-order valence-corrected chi connectivity index (χ2v) is 3.56. The number of amides is 1. The standard InChI is InChI=1S/C8H14N2O/c9-6-3-4-10-7(5-6)1-2-8(10)11/h6-7H,1-5,9H2/t6-,7+/m0/s1. The molecule has 3 heteroatoms. The SMILES string of the molecule is N[C@H]1CCN2C(=O)CC[C@@H]2C1. The van der Waals surface area contributed by atoms with Crippen molar-refractivity contribution in [3.8, 4) is 0 Å². The van der Waals surface area contributed by atoms with E-state index in [2.05, 4.69) is 0 Å². The molecule has 0 aromatic carbocycles. The normalized spacial score (nSPS) is 37.5. The van der Waals surface area contributed by atoms with Crippen LogP contribution < -0.4 is 5.73 Å². The molecule has 2 rings (SSSR count). The maximum absolute atomic E-state index is 11.2. The Labute approximate surface area is 66.5 Å². The van der Waals surface area contributed by atoms with Gasteiger partial charge in [0.2, 0.25) is 5.91 Å². The van der Waals surface area contributed by atoms with Gasteiger partial charge in [-0.15, -0.1) is 0 Å². The van der Waals surface area contributed by atoms with Gasteiger partial charge < -0.3 is 10.6 Å². The van der Waals surface area contributed by atoms with Crippen LogP contribution in [0, 0.1) is 0 Å². The molecule has 62 valence electrons. The molecule has 0 spiro atoms. The van der Waals surface area contributed by atoms with Gasteiger partial charge in [0, 0.05) is 25.0 Å². The van der Waals surface area contributed by atoms with E-state index >= 15 is 0 Å². The minimum absolute atomic E-state index is 0.335. The van der Waals surface area contributed by atoms with Crippen molar-refractivity contribution in [2.24, 2.45) is 5.73 Å². The molecule has 2 fully saturated rings. The molecular formula is C8H14N2O. The Morgan fingerprint density at radius 2 is 2.27 bits per heavy atom. The Balaban J connectivity index is 2.06. The minimum Gasteiger partial charge on any atom is -0.340 e. The third-order valence-electron chi connectivity index (χ3n) is 2.77. The molecule has 0 radical (unpaired) electrons. The topological polar surface area (TPSA) is 46.3 Å². The maximum Gasteiger partial charge on any atom is 0.222 e. The molecule has 2 heterocycles. The molecule has 0 unspecified atom stereocenters. The molecule has 2 atom stereocenters. The van der Waals surface area contributed by atoms with Crippen molar-refractivity contribution in [2.75, 3.05) is 6.54 Å². The molecule has 0 aliphatic carbocycles. The summed E-state index contributed by atoms with van der Waals surface area (Å²) < 4.78 is 0. The Hall–Kier alpha value is -0.570. The lowest BCUT2D eigenvalue weighted by atomic mass is 9.99. The lowest BCUT2D eigenvalue weighted by molar-refractivity contribution is -0.129. The molecule has 0 aromatic rings. The molecule has 0 saturated carbocycles. The lowest BCUT2D eigenvalue weighted by Gasteiger charge is -2.33. The number of fused-ring (bicyclic) bond motifs is 1. The van der Waals surface area contributed by atoms with Crippen LogP contribution in [0.15, 0.2) is 0 Å². The number of nitrogens with zero attached hydrogens (tertiary/aromatic N) is 1. The van der Waals surface area contributed by atoms with E-state index < -0.39 is 0 Å². The second kappa shape index (κ2) is 2.48. The zero-order valence-corrected chi connectivity index (χ0v) is 6.62. The fourth-order valence-electron chi connectivity index (χ4n) is 2.12. The van der Waals surface area contributed by atoms with E-state index in [1.165, 1.54) is 0 Å². The first-order valence-corrected chi connectivity index (χ1v) is 4.32. The highest BCUT2D eigenvalue weighted by molar-refractivity contribution is 5.78. The summed E-state index contributed by atoms with van der Waals surface area (Å²) >= 11 is 0. The van der Waals surface area contributed by atoms with Gasteiger partial charge in [-0.3, -0.25) is 4.79 Å². The van der Waals surface area contributed by atoms with Crippen LogP contribution in [0.3, 0.4) is 0 Å². The van der Waals surface area contributed by atoms with Gasteiger partial charge in [0.25, 0.3) is 0 Å². The zero-order valence-electron chi connectivity index (χ0n) is 6.62. The van der Waals surface area contributed by atoms with Crippen LogP contribution in [0.4, 0.5) is 0 Å². The molecule has 1 amide bonds. The van der Waals surface area contributed by atoms with Crippen molar-refractivity contribution >= 4 is 5.91 Å². The Bertz CT molecular complexity index is 181. The van der Waals surface area contributed by atoms with Gasteiger partial charge in [0.15, 0.2) is 0 Å². The van der Waals surface area contributed by atoms with Gasteiger partial charge >= 0.3 is 0 Å². The van der Waals surface area contributed by atoms with Gasteiger partial charge in [-0.05, 0) is 19.3 Å². The van der Waals surface area contributed by atoms with E-state index in [1.807, 2.05) is 4.90 Å².